The largest absolute Gasteiger partial charge is 0.356 e. The van der Waals surface area contributed by atoms with Gasteiger partial charge >= 0.3 is 0 Å². The molecule has 2 heterocycles. The molecule has 1 fully saturated rings. The fraction of sp³-hybridized carbons (Fsp3) is 0.300. The summed E-state index contributed by atoms with van der Waals surface area (Å²) >= 11 is 0. The Morgan fingerprint density at radius 2 is 2.04 bits per heavy atom. The monoisotopic (exact) mass is 382 g/mol. The average Bonchev–Trinajstić information content (AvgIpc) is 3.33. The standard InChI is InChI=1S/C18H20N4O4.C2H2/c23-10-13(7-12-5-6-19-17(12)25)21-16(24)9-20-18(26)15-8-11-3-1-2-4-14(11)22-15;1-2/h1-4,8,10,12-13,22H,5-7,9H2,(H,19,25)(H,20,26)(H,21,24);1-2H/t12-,13-;/m0./s1. The Morgan fingerprint density at radius 1 is 1.29 bits per heavy atom. The van der Waals surface area contributed by atoms with Crippen LogP contribution < -0.4 is 16.0 Å². The molecular formula is C20H22N4O4. The zero-order chi connectivity index (χ0) is 20.5. The van der Waals surface area contributed by atoms with E-state index in [9.17, 15) is 19.2 Å². The molecule has 3 rings (SSSR count). The van der Waals surface area contributed by atoms with Gasteiger partial charge in [0.05, 0.1) is 12.6 Å². The third kappa shape index (κ3) is 5.20. The first-order valence-corrected chi connectivity index (χ1v) is 8.78. The highest BCUT2D eigenvalue weighted by Crippen LogP contribution is 2.16. The number of fused-ring (bicyclic) bond motifs is 1. The van der Waals surface area contributed by atoms with E-state index in [0.717, 1.165) is 10.9 Å². The number of para-hydroxylation sites is 1. The maximum atomic E-state index is 12.2. The van der Waals surface area contributed by atoms with Gasteiger partial charge < -0.3 is 25.7 Å². The molecule has 146 valence electrons. The SMILES string of the molecule is C#C.O=C[C@H](C[C@@H]1CCNC1=O)NC(=O)CNC(=O)c1cc2ccccc2[nH]1. The zero-order valence-electron chi connectivity index (χ0n) is 15.2. The lowest BCUT2D eigenvalue weighted by Crippen LogP contribution is -2.44. The smallest absolute Gasteiger partial charge is 0.268 e. The van der Waals surface area contributed by atoms with Gasteiger partial charge in [-0.3, -0.25) is 14.4 Å². The number of aromatic amines is 1. The number of carbonyl (C=O) groups excluding carboxylic acids is 4. The second-order valence-electron chi connectivity index (χ2n) is 6.28. The maximum absolute atomic E-state index is 12.2. The van der Waals surface area contributed by atoms with E-state index in [2.05, 4.69) is 33.8 Å². The van der Waals surface area contributed by atoms with Gasteiger partial charge in [-0.2, -0.15) is 0 Å². The summed E-state index contributed by atoms with van der Waals surface area (Å²) in [6.45, 7) is 0.332. The highest BCUT2D eigenvalue weighted by Gasteiger charge is 2.27. The lowest BCUT2D eigenvalue weighted by atomic mass is 9.99. The molecule has 1 aromatic carbocycles. The van der Waals surface area contributed by atoms with Crippen molar-refractivity contribution in [3.8, 4) is 12.8 Å². The molecule has 28 heavy (non-hydrogen) atoms. The molecule has 1 saturated heterocycles. The predicted octanol–water partition coefficient (Wildman–Crippen LogP) is 0.357. The fourth-order valence-corrected chi connectivity index (χ4v) is 3.03. The van der Waals surface area contributed by atoms with E-state index in [1.165, 1.54) is 0 Å². The van der Waals surface area contributed by atoms with Crippen molar-refractivity contribution < 1.29 is 19.2 Å². The molecule has 4 N–H and O–H groups in total. The van der Waals surface area contributed by atoms with E-state index in [4.69, 9.17) is 0 Å². The number of hydrogen-bond donors (Lipinski definition) is 4. The van der Waals surface area contributed by atoms with Gasteiger partial charge in [0.2, 0.25) is 11.8 Å². The van der Waals surface area contributed by atoms with Crippen molar-refractivity contribution >= 4 is 34.9 Å². The van der Waals surface area contributed by atoms with E-state index >= 15 is 0 Å². The van der Waals surface area contributed by atoms with Gasteiger partial charge in [0.1, 0.15) is 12.0 Å². The highest BCUT2D eigenvalue weighted by atomic mass is 16.2. The van der Waals surface area contributed by atoms with Crippen LogP contribution in [0.4, 0.5) is 0 Å². The van der Waals surface area contributed by atoms with Crippen LogP contribution in [0.25, 0.3) is 10.9 Å². The molecule has 2 atom stereocenters. The summed E-state index contributed by atoms with van der Waals surface area (Å²) in [5, 5.41) is 8.64. The summed E-state index contributed by atoms with van der Waals surface area (Å²) in [6, 6.07) is 8.42. The van der Waals surface area contributed by atoms with Crippen molar-refractivity contribution in [1.29, 1.82) is 0 Å². The normalized spacial score (nSPS) is 16.4. The van der Waals surface area contributed by atoms with E-state index in [1.807, 2.05) is 24.3 Å². The van der Waals surface area contributed by atoms with Gasteiger partial charge in [-0.1, -0.05) is 18.2 Å². The zero-order valence-corrected chi connectivity index (χ0v) is 15.2. The molecule has 1 aromatic heterocycles. The number of amides is 3. The summed E-state index contributed by atoms with van der Waals surface area (Å²) in [5.41, 5.74) is 1.19. The molecule has 3 amide bonds. The number of benzene rings is 1. The summed E-state index contributed by atoms with van der Waals surface area (Å²) in [6.07, 6.45) is 9.52. The molecule has 0 radical (unpaired) electrons. The second kappa shape index (κ2) is 9.92. The van der Waals surface area contributed by atoms with E-state index in [1.54, 1.807) is 6.07 Å². The molecule has 8 nitrogen and oxygen atoms in total. The number of hydrogen-bond acceptors (Lipinski definition) is 4. The number of rotatable bonds is 7. The van der Waals surface area contributed by atoms with Gasteiger partial charge in [0, 0.05) is 23.4 Å². The lowest BCUT2D eigenvalue weighted by molar-refractivity contribution is -0.125. The Hall–Kier alpha value is -3.60. The minimum absolute atomic E-state index is 0.0989. The third-order valence-electron chi connectivity index (χ3n) is 4.40. The number of carbonyl (C=O) groups is 4. The quantitative estimate of drug-likeness (QED) is 0.408. The Bertz CT molecular complexity index is 853. The lowest BCUT2D eigenvalue weighted by Gasteiger charge is -2.15. The summed E-state index contributed by atoms with van der Waals surface area (Å²) in [7, 11) is 0. The Balaban J connectivity index is 0.00000136. The van der Waals surface area contributed by atoms with Gasteiger partial charge in [-0.15, -0.1) is 12.8 Å². The van der Waals surface area contributed by atoms with Crippen LogP contribution in [0.5, 0.6) is 0 Å². The average molecular weight is 382 g/mol. The molecular weight excluding hydrogens is 360 g/mol. The Labute approximate surface area is 162 Å². The molecule has 1 aliphatic heterocycles. The molecule has 2 aromatic rings. The highest BCUT2D eigenvalue weighted by molar-refractivity contribution is 5.99. The van der Waals surface area contributed by atoms with E-state index in [-0.39, 0.29) is 24.8 Å². The number of terminal acetylenes is 1. The van der Waals surface area contributed by atoms with Crippen molar-refractivity contribution in [2.75, 3.05) is 13.1 Å². The van der Waals surface area contributed by atoms with Crippen LogP contribution in [0.3, 0.4) is 0 Å². The molecule has 0 saturated carbocycles. The number of aldehydes is 1. The number of aromatic nitrogens is 1. The summed E-state index contributed by atoms with van der Waals surface area (Å²) in [5.74, 6) is -1.26. The van der Waals surface area contributed by atoms with Crippen LogP contribution in [0.15, 0.2) is 30.3 Å². The van der Waals surface area contributed by atoms with Crippen LogP contribution in [-0.2, 0) is 14.4 Å². The first-order valence-electron chi connectivity index (χ1n) is 8.78. The van der Waals surface area contributed by atoms with Gasteiger partial charge in [-0.05, 0) is 25.0 Å². The topological polar surface area (TPSA) is 120 Å². The molecule has 0 unspecified atom stereocenters. The summed E-state index contributed by atoms with van der Waals surface area (Å²) < 4.78 is 0. The minimum atomic E-state index is -0.749. The van der Waals surface area contributed by atoms with Gasteiger partial charge in [-0.25, -0.2) is 0 Å². The van der Waals surface area contributed by atoms with Crippen molar-refractivity contribution in [3.05, 3.63) is 36.0 Å². The molecule has 1 aliphatic rings. The van der Waals surface area contributed by atoms with Crippen LogP contribution in [-0.4, -0.2) is 48.1 Å². The van der Waals surface area contributed by atoms with Crippen LogP contribution >= 0.6 is 0 Å². The Morgan fingerprint density at radius 3 is 2.68 bits per heavy atom. The van der Waals surface area contributed by atoms with Crippen molar-refractivity contribution in [2.24, 2.45) is 5.92 Å². The van der Waals surface area contributed by atoms with Gasteiger partial charge in [0.25, 0.3) is 5.91 Å². The number of H-pyrrole nitrogens is 1. The third-order valence-corrected chi connectivity index (χ3v) is 4.40. The van der Waals surface area contributed by atoms with E-state index < -0.39 is 17.9 Å². The second-order valence-corrected chi connectivity index (χ2v) is 6.28. The van der Waals surface area contributed by atoms with Crippen LogP contribution in [0.2, 0.25) is 0 Å². The Kier molecular flexibility index (Phi) is 7.34. The van der Waals surface area contributed by atoms with Crippen molar-refractivity contribution in [1.82, 2.24) is 20.9 Å². The maximum Gasteiger partial charge on any atom is 0.268 e. The van der Waals surface area contributed by atoms with Crippen molar-refractivity contribution in [2.45, 2.75) is 18.9 Å². The minimum Gasteiger partial charge on any atom is -0.356 e. The predicted molar refractivity (Wildman–Crippen MR) is 104 cm³/mol. The molecule has 0 bridgehead atoms. The molecule has 8 heteroatoms. The molecule has 0 spiro atoms. The van der Waals surface area contributed by atoms with E-state index in [0.29, 0.717) is 24.9 Å². The summed E-state index contributed by atoms with van der Waals surface area (Å²) in [4.78, 5) is 49.8. The first-order chi connectivity index (χ1) is 13.6. The molecule has 0 aliphatic carbocycles. The van der Waals surface area contributed by atoms with Crippen LogP contribution in [0.1, 0.15) is 23.3 Å². The van der Waals surface area contributed by atoms with Crippen molar-refractivity contribution in [3.63, 3.8) is 0 Å². The van der Waals surface area contributed by atoms with Gasteiger partial charge in [0.15, 0.2) is 0 Å². The van der Waals surface area contributed by atoms with Crippen LogP contribution in [0, 0.1) is 18.8 Å². The fourth-order valence-electron chi connectivity index (χ4n) is 3.03. The first kappa shape index (κ1) is 20.7. The number of nitrogens with one attached hydrogen (secondary N) is 4.